The zero-order valence-corrected chi connectivity index (χ0v) is 16.0. The number of para-hydroxylation sites is 3. The normalized spacial score (nSPS) is 10.7. The summed E-state index contributed by atoms with van der Waals surface area (Å²) in [5.41, 5.74) is 7.40. The van der Waals surface area contributed by atoms with Gasteiger partial charge >= 0.3 is 0 Å². The second-order valence-corrected chi connectivity index (χ2v) is 4.81. The third-order valence-electron chi connectivity index (χ3n) is 3.34. The number of hydrogen-bond donors (Lipinski definition) is 3. The molecule has 0 atom stereocenters. The minimum absolute atomic E-state index is 0. The van der Waals surface area contributed by atoms with E-state index in [2.05, 4.69) is 10.3 Å². The van der Waals surface area contributed by atoms with Crippen LogP contribution < -0.4 is 20.5 Å². The molecule has 2 aromatic carbocycles. The van der Waals surface area contributed by atoms with Gasteiger partial charge in [0.15, 0.2) is 17.5 Å². The summed E-state index contributed by atoms with van der Waals surface area (Å²) in [7, 11) is 3.12. The molecule has 0 saturated heterocycles. The van der Waals surface area contributed by atoms with Crippen molar-refractivity contribution in [2.45, 2.75) is 6.42 Å². The van der Waals surface area contributed by atoms with E-state index in [1.54, 1.807) is 13.2 Å². The highest BCUT2D eigenvalue weighted by atomic mass is 127. The number of aliphatic imine (C=N–C) groups is 1. The van der Waals surface area contributed by atoms with E-state index in [-0.39, 0.29) is 35.7 Å². The number of nitrogens with zero attached hydrogens (tertiary/aromatic N) is 1. The largest absolute Gasteiger partial charge is 0.504 e. The van der Waals surface area contributed by atoms with Crippen LogP contribution >= 0.6 is 24.0 Å². The monoisotopic (exact) mass is 443 g/mol. The number of rotatable bonds is 6. The summed E-state index contributed by atoms with van der Waals surface area (Å²) in [6.07, 6.45) is 0.553. The van der Waals surface area contributed by atoms with Crippen LogP contribution in [-0.4, -0.2) is 31.8 Å². The third kappa shape index (κ3) is 5.19. The van der Waals surface area contributed by atoms with Crippen molar-refractivity contribution in [1.82, 2.24) is 0 Å². The number of anilines is 1. The summed E-state index contributed by atoms with van der Waals surface area (Å²) in [5, 5.41) is 13.0. The predicted molar refractivity (Wildman–Crippen MR) is 107 cm³/mol. The first kappa shape index (κ1) is 19.9. The Labute approximate surface area is 158 Å². The Morgan fingerprint density at radius 2 is 1.75 bits per heavy atom. The van der Waals surface area contributed by atoms with Crippen LogP contribution in [0.15, 0.2) is 47.5 Å². The highest BCUT2D eigenvalue weighted by Crippen LogP contribution is 2.29. The first-order valence-corrected chi connectivity index (χ1v) is 7.20. The number of benzene rings is 2. The first-order chi connectivity index (χ1) is 11.2. The van der Waals surface area contributed by atoms with E-state index in [0.29, 0.717) is 24.5 Å². The fraction of sp³-hybridized carbons (Fsp3) is 0.235. The van der Waals surface area contributed by atoms with Crippen molar-refractivity contribution in [1.29, 1.82) is 0 Å². The molecular weight excluding hydrogens is 421 g/mol. The van der Waals surface area contributed by atoms with Crippen LogP contribution in [0.25, 0.3) is 0 Å². The number of aromatic hydroxyl groups is 1. The molecule has 2 rings (SSSR count). The standard InChI is InChI=1S/C17H21N3O3.HI/c1-22-14-8-4-3-7-13(14)20-17(18)19-11-10-12-6-5-9-15(23-2)16(12)21;/h3-9,21H,10-11H2,1-2H3,(H3,18,19,20);1H. The Bertz CT molecular complexity index is 693. The highest BCUT2D eigenvalue weighted by Gasteiger charge is 2.07. The summed E-state index contributed by atoms with van der Waals surface area (Å²) in [5.74, 6) is 1.57. The van der Waals surface area contributed by atoms with Gasteiger partial charge in [-0.05, 0) is 30.2 Å². The van der Waals surface area contributed by atoms with Crippen LogP contribution in [0.1, 0.15) is 5.56 Å². The fourth-order valence-electron chi connectivity index (χ4n) is 2.16. The van der Waals surface area contributed by atoms with Gasteiger partial charge in [-0.1, -0.05) is 24.3 Å². The SMILES string of the molecule is COc1ccccc1NC(N)=NCCc1cccc(OC)c1O.I. The van der Waals surface area contributed by atoms with E-state index in [4.69, 9.17) is 15.2 Å². The van der Waals surface area contributed by atoms with Crippen LogP contribution in [-0.2, 0) is 6.42 Å². The Morgan fingerprint density at radius 1 is 1.08 bits per heavy atom. The maximum atomic E-state index is 10.0. The lowest BCUT2D eigenvalue weighted by molar-refractivity contribution is 0.370. The molecule has 0 radical (unpaired) electrons. The number of phenols is 1. The van der Waals surface area contributed by atoms with Crippen molar-refractivity contribution >= 4 is 35.6 Å². The zero-order valence-electron chi connectivity index (χ0n) is 13.7. The van der Waals surface area contributed by atoms with Gasteiger partial charge in [-0.15, -0.1) is 24.0 Å². The molecule has 24 heavy (non-hydrogen) atoms. The molecule has 2 aromatic rings. The topological polar surface area (TPSA) is 89.1 Å². The lowest BCUT2D eigenvalue weighted by Gasteiger charge is -2.10. The molecule has 0 bridgehead atoms. The van der Waals surface area contributed by atoms with E-state index < -0.39 is 0 Å². The van der Waals surface area contributed by atoms with Crippen molar-refractivity contribution in [3.05, 3.63) is 48.0 Å². The molecule has 130 valence electrons. The number of guanidine groups is 1. The van der Waals surface area contributed by atoms with E-state index in [1.807, 2.05) is 36.4 Å². The fourth-order valence-corrected chi connectivity index (χ4v) is 2.16. The minimum atomic E-state index is 0. The summed E-state index contributed by atoms with van der Waals surface area (Å²) in [6, 6.07) is 12.8. The highest BCUT2D eigenvalue weighted by molar-refractivity contribution is 14.0. The molecule has 0 aliphatic carbocycles. The maximum absolute atomic E-state index is 10.0. The molecule has 0 spiro atoms. The van der Waals surface area contributed by atoms with Crippen LogP contribution in [0.5, 0.6) is 17.2 Å². The zero-order chi connectivity index (χ0) is 16.7. The Morgan fingerprint density at radius 3 is 2.46 bits per heavy atom. The predicted octanol–water partition coefficient (Wildman–Crippen LogP) is 3.00. The molecule has 4 N–H and O–H groups in total. The van der Waals surface area contributed by atoms with E-state index in [0.717, 1.165) is 11.3 Å². The number of methoxy groups -OCH3 is 2. The van der Waals surface area contributed by atoms with Gasteiger partial charge in [-0.25, -0.2) is 0 Å². The number of halogens is 1. The number of hydrogen-bond acceptors (Lipinski definition) is 4. The molecule has 0 saturated carbocycles. The number of nitrogens with two attached hydrogens (primary N) is 1. The first-order valence-electron chi connectivity index (χ1n) is 7.20. The average Bonchev–Trinajstić information content (AvgIpc) is 2.57. The summed E-state index contributed by atoms with van der Waals surface area (Å²) >= 11 is 0. The van der Waals surface area contributed by atoms with Crippen molar-refractivity contribution in [2.24, 2.45) is 10.7 Å². The van der Waals surface area contributed by atoms with Crippen molar-refractivity contribution in [2.75, 3.05) is 26.1 Å². The Kier molecular flexibility index (Phi) is 8.17. The van der Waals surface area contributed by atoms with Gasteiger partial charge < -0.3 is 25.6 Å². The third-order valence-corrected chi connectivity index (χ3v) is 3.34. The summed E-state index contributed by atoms with van der Waals surface area (Å²) in [4.78, 5) is 4.26. The van der Waals surface area contributed by atoms with Crippen LogP contribution in [0.2, 0.25) is 0 Å². The molecule has 0 aliphatic rings. The van der Waals surface area contributed by atoms with Gasteiger partial charge in [-0.2, -0.15) is 0 Å². The average molecular weight is 443 g/mol. The second-order valence-electron chi connectivity index (χ2n) is 4.81. The van der Waals surface area contributed by atoms with Gasteiger partial charge in [-0.3, -0.25) is 4.99 Å². The number of phenolic OH excluding ortho intramolecular Hbond substituents is 1. The molecule has 7 heteroatoms. The van der Waals surface area contributed by atoms with Crippen LogP contribution in [0.3, 0.4) is 0 Å². The van der Waals surface area contributed by atoms with Crippen molar-refractivity contribution in [3.63, 3.8) is 0 Å². The minimum Gasteiger partial charge on any atom is -0.504 e. The quantitative estimate of drug-likeness (QED) is 0.363. The molecular formula is C17H22IN3O3. The van der Waals surface area contributed by atoms with Crippen LogP contribution in [0.4, 0.5) is 5.69 Å². The number of ether oxygens (including phenoxy) is 2. The molecule has 0 unspecified atom stereocenters. The maximum Gasteiger partial charge on any atom is 0.193 e. The molecule has 0 heterocycles. The number of nitrogens with one attached hydrogen (secondary N) is 1. The van der Waals surface area contributed by atoms with Gasteiger partial charge in [0.1, 0.15) is 5.75 Å². The molecule has 0 amide bonds. The van der Waals surface area contributed by atoms with E-state index in [9.17, 15) is 5.11 Å². The van der Waals surface area contributed by atoms with Gasteiger partial charge in [0.2, 0.25) is 0 Å². The van der Waals surface area contributed by atoms with Gasteiger partial charge in [0.25, 0.3) is 0 Å². The molecule has 0 fully saturated rings. The van der Waals surface area contributed by atoms with Crippen molar-refractivity contribution in [3.8, 4) is 17.2 Å². The Balaban J connectivity index is 0.00000288. The van der Waals surface area contributed by atoms with E-state index in [1.165, 1.54) is 7.11 Å². The molecule has 0 aliphatic heterocycles. The van der Waals surface area contributed by atoms with Gasteiger partial charge in [0.05, 0.1) is 19.9 Å². The van der Waals surface area contributed by atoms with Gasteiger partial charge in [0, 0.05) is 6.54 Å². The summed E-state index contributed by atoms with van der Waals surface area (Å²) in [6.45, 7) is 0.439. The lowest BCUT2D eigenvalue weighted by Crippen LogP contribution is -2.23. The smallest absolute Gasteiger partial charge is 0.193 e. The lowest BCUT2D eigenvalue weighted by atomic mass is 10.1. The second kappa shape index (κ2) is 9.86. The Hall–Kier alpha value is -2.16. The van der Waals surface area contributed by atoms with Crippen LogP contribution in [0, 0.1) is 0 Å². The van der Waals surface area contributed by atoms with Crippen molar-refractivity contribution < 1.29 is 14.6 Å². The molecule has 0 aromatic heterocycles. The molecule has 6 nitrogen and oxygen atoms in total. The summed E-state index contributed by atoms with van der Waals surface area (Å²) < 4.78 is 10.3. The van der Waals surface area contributed by atoms with E-state index >= 15 is 0 Å².